The summed E-state index contributed by atoms with van der Waals surface area (Å²) in [6, 6.07) is 12.2. The van der Waals surface area contributed by atoms with Gasteiger partial charge in [-0.1, -0.05) is 28.1 Å². The standard InChI is InChI=1S/C14H9BrFNO/c15-9-5-6-12-10(7-9)14(8-17-12)18-13-4-2-1-3-11(13)16/h1-8,17H. The summed E-state index contributed by atoms with van der Waals surface area (Å²) >= 11 is 3.41. The number of aromatic nitrogens is 1. The number of halogens is 2. The number of aromatic amines is 1. The van der Waals surface area contributed by atoms with Crippen molar-refractivity contribution in [1.29, 1.82) is 0 Å². The lowest BCUT2D eigenvalue weighted by Crippen LogP contribution is -1.86. The fourth-order valence-electron chi connectivity index (χ4n) is 1.80. The number of para-hydroxylation sites is 1. The van der Waals surface area contributed by atoms with E-state index in [1.807, 2.05) is 18.2 Å². The van der Waals surface area contributed by atoms with Gasteiger partial charge in [-0.05, 0) is 30.3 Å². The number of benzene rings is 2. The Balaban J connectivity index is 2.05. The molecule has 0 fully saturated rings. The Kier molecular flexibility index (Phi) is 2.80. The average molecular weight is 306 g/mol. The third-order valence-corrected chi connectivity index (χ3v) is 3.16. The SMILES string of the molecule is Fc1ccccc1Oc1c[nH]c2ccc(Br)cc12. The van der Waals surface area contributed by atoms with Crippen LogP contribution < -0.4 is 4.74 Å². The average Bonchev–Trinajstić information content (AvgIpc) is 2.75. The van der Waals surface area contributed by atoms with E-state index in [0.717, 1.165) is 15.4 Å². The Morgan fingerprint density at radius 3 is 2.72 bits per heavy atom. The van der Waals surface area contributed by atoms with Gasteiger partial charge in [-0.25, -0.2) is 4.39 Å². The molecule has 1 N–H and O–H groups in total. The van der Waals surface area contributed by atoms with Crippen molar-refractivity contribution in [2.24, 2.45) is 0 Å². The Morgan fingerprint density at radius 2 is 1.89 bits per heavy atom. The van der Waals surface area contributed by atoms with Crippen molar-refractivity contribution in [3.63, 3.8) is 0 Å². The zero-order valence-corrected chi connectivity index (χ0v) is 10.9. The lowest BCUT2D eigenvalue weighted by Gasteiger charge is -2.05. The van der Waals surface area contributed by atoms with E-state index in [-0.39, 0.29) is 11.6 Å². The quantitative estimate of drug-likeness (QED) is 0.718. The molecule has 0 amide bonds. The van der Waals surface area contributed by atoms with Gasteiger partial charge in [0.1, 0.15) is 0 Å². The second kappa shape index (κ2) is 4.46. The second-order valence-corrected chi connectivity index (χ2v) is 4.79. The minimum atomic E-state index is -0.373. The molecular weight excluding hydrogens is 297 g/mol. The maximum Gasteiger partial charge on any atom is 0.165 e. The van der Waals surface area contributed by atoms with Gasteiger partial charge >= 0.3 is 0 Å². The molecule has 0 spiro atoms. The molecule has 0 aliphatic heterocycles. The number of nitrogens with one attached hydrogen (secondary N) is 1. The highest BCUT2D eigenvalue weighted by Crippen LogP contribution is 2.32. The summed E-state index contributed by atoms with van der Waals surface area (Å²) in [5, 5.41) is 0.910. The summed E-state index contributed by atoms with van der Waals surface area (Å²) in [5.74, 6) is 0.455. The van der Waals surface area contributed by atoms with Gasteiger partial charge in [0.2, 0.25) is 0 Å². The summed E-state index contributed by atoms with van der Waals surface area (Å²) < 4.78 is 20.1. The zero-order valence-electron chi connectivity index (χ0n) is 9.28. The first-order chi connectivity index (χ1) is 8.74. The molecule has 3 rings (SSSR count). The Labute approximate surface area is 112 Å². The van der Waals surface area contributed by atoms with Crippen molar-refractivity contribution in [1.82, 2.24) is 4.98 Å². The highest BCUT2D eigenvalue weighted by molar-refractivity contribution is 9.10. The summed E-state index contributed by atoms with van der Waals surface area (Å²) in [6.45, 7) is 0. The van der Waals surface area contributed by atoms with E-state index in [1.165, 1.54) is 6.07 Å². The van der Waals surface area contributed by atoms with Crippen LogP contribution in [0, 0.1) is 5.82 Å². The van der Waals surface area contributed by atoms with Crippen molar-refractivity contribution < 1.29 is 9.13 Å². The molecular formula is C14H9BrFNO. The molecule has 2 nitrogen and oxygen atoms in total. The molecule has 1 aromatic heterocycles. The van der Waals surface area contributed by atoms with Crippen molar-refractivity contribution in [3.05, 3.63) is 59.0 Å². The zero-order chi connectivity index (χ0) is 12.5. The van der Waals surface area contributed by atoms with Gasteiger partial charge < -0.3 is 9.72 Å². The number of H-pyrrole nitrogens is 1. The van der Waals surface area contributed by atoms with Crippen LogP contribution >= 0.6 is 15.9 Å². The number of hydrogen-bond donors (Lipinski definition) is 1. The molecule has 90 valence electrons. The van der Waals surface area contributed by atoms with E-state index in [0.29, 0.717) is 5.75 Å². The van der Waals surface area contributed by atoms with Crippen LogP contribution in [0.1, 0.15) is 0 Å². The second-order valence-electron chi connectivity index (χ2n) is 3.88. The topological polar surface area (TPSA) is 25.0 Å². The van der Waals surface area contributed by atoms with Gasteiger partial charge in [0.25, 0.3) is 0 Å². The van der Waals surface area contributed by atoms with E-state index < -0.39 is 0 Å². The molecule has 0 bridgehead atoms. The maximum atomic E-state index is 13.5. The van der Waals surface area contributed by atoms with Gasteiger partial charge in [0.05, 0.1) is 0 Å². The smallest absolute Gasteiger partial charge is 0.165 e. The minimum Gasteiger partial charge on any atom is -0.452 e. The molecule has 0 atom stereocenters. The molecule has 4 heteroatoms. The fourth-order valence-corrected chi connectivity index (χ4v) is 2.16. The summed E-state index contributed by atoms with van der Waals surface area (Å²) in [4.78, 5) is 3.09. The van der Waals surface area contributed by atoms with Gasteiger partial charge in [0, 0.05) is 21.6 Å². The maximum absolute atomic E-state index is 13.5. The Bertz CT molecular complexity index is 708. The molecule has 0 saturated carbocycles. The Hall–Kier alpha value is -1.81. The summed E-state index contributed by atoms with van der Waals surface area (Å²) in [5.41, 5.74) is 0.949. The van der Waals surface area contributed by atoms with E-state index in [9.17, 15) is 4.39 Å². The van der Waals surface area contributed by atoms with E-state index >= 15 is 0 Å². The highest BCUT2D eigenvalue weighted by atomic mass is 79.9. The van der Waals surface area contributed by atoms with Crippen LogP contribution in [-0.4, -0.2) is 4.98 Å². The Morgan fingerprint density at radius 1 is 1.06 bits per heavy atom. The van der Waals surface area contributed by atoms with Crippen LogP contribution in [-0.2, 0) is 0 Å². The van der Waals surface area contributed by atoms with E-state index in [4.69, 9.17) is 4.74 Å². The first-order valence-electron chi connectivity index (χ1n) is 5.43. The predicted molar refractivity (Wildman–Crippen MR) is 72.5 cm³/mol. The van der Waals surface area contributed by atoms with Gasteiger partial charge in [-0.2, -0.15) is 0 Å². The van der Waals surface area contributed by atoms with Crippen molar-refractivity contribution >= 4 is 26.8 Å². The molecule has 0 aliphatic rings. The molecule has 0 radical (unpaired) electrons. The van der Waals surface area contributed by atoms with Crippen molar-refractivity contribution in [3.8, 4) is 11.5 Å². The van der Waals surface area contributed by atoms with Gasteiger partial charge in [0.15, 0.2) is 17.3 Å². The predicted octanol–water partition coefficient (Wildman–Crippen LogP) is 4.86. The van der Waals surface area contributed by atoms with Crippen LogP contribution in [0.4, 0.5) is 4.39 Å². The summed E-state index contributed by atoms with van der Waals surface area (Å²) in [6.07, 6.45) is 1.73. The van der Waals surface area contributed by atoms with Crippen LogP contribution in [0.15, 0.2) is 53.1 Å². The lowest BCUT2D eigenvalue weighted by molar-refractivity contribution is 0.446. The van der Waals surface area contributed by atoms with E-state index in [2.05, 4.69) is 20.9 Å². The highest BCUT2D eigenvalue weighted by Gasteiger charge is 2.08. The number of rotatable bonds is 2. The van der Waals surface area contributed by atoms with Gasteiger partial charge in [-0.15, -0.1) is 0 Å². The molecule has 0 unspecified atom stereocenters. The normalized spacial score (nSPS) is 10.8. The van der Waals surface area contributed by atoms with Crippen molar-refractivity contribution in [2.75, 3.05) is 0 Å². The first kappa shape index (κ1) is 11.3. The van der Waals surface area contributed by atoms with Crippen LogP contribution in [0.2, 0.25) is 0 Å². The number of hydrogen-bond acceptors (Lipinski definition) is 1. The number of ether oxygens (including phenoxy) is 1. The van der Waals surface area contributed by atoms with Crippen LogP contribution in [0.3, 0.4) is 0 Å². The minimum absolute atomic E-state index is 0.221. The van der Waals surface area contributed by atoms with Crippen molar-refractivity contribution in [2.45, 2.75) is 0 Å². The molecule has 3 aromatic rings. The van der Waals surface area contributed by atoms with E-state index in [1.54, 1.807) is 24.4 Å². The summed E-state index contributed by atoms with van der Waals surface area (Å²) in [7, 11) is 0. The largest absolute Gasteiger partial charge is 0.452 e. The molecule has 18 heavy (non-hydrogen) atoms. The molecule has 0 saturated heterocycles. The van der Waals surface area contributed by atoms with Crippen LogP contribution in [0.5, 0.6) is 11.5 Å². The first-order valence-corrected chi connectivity index (χ1v) is 6.22. The number of fused-ring (bicyclic) bond motifs is 1. The molecule has 2 aromatic carbocycles. The third kappa shape index (κ3) is 1.99. The molecule has 1 heterocycles. The van der Waals surface area contributed by atoms with Gasteiger partial charge in [-0.3, -0.25) is 0 Å². The molecule has 0 aliphatic carbocycles. The lowest BCUT2D eigenvalue weighted by atomic mass is 10.2. The third-order valence-electron chi connectivity index (χ3n) is 2.66. The monoisotopic (exact) mass is 305 g/mol. The van der Waals surface area contributed by atoms with Crippen LogP contribution in [0.25, 0.3) is 10.9 Å². The fraction of sp³-hybridized carbons (Fsp3) is 0.